The van der Waals surface area contributed by atoms with E-state index in [2.05, 4.69) is 5.10 Å². The van der Waals surface area contributed by atoms with Gasteiger partial charge in [-0.15, -0.1) is 4.68 Å². The molecular formula is C20H18N3O+. The van der Waals surface area contributed by atoms with Crippen molar-refractivity contribution in [1.82, 2.24) is 9.50 Å². The fourth-order valence-electron chi connectivity index (χ4n) is 3.19. The maximum atomic E-state index is 12.3. The molecule has 4 nitrogen and oxygen atoms in total. The monoisotopic (exact) mass is 316 g/mol. The molecule has 0 saturated heterocycles. The van der Waals surface area contributed by atoms with Crippen LogP contribution in [0, 0.1) is 6.92 Å². The van der Waals surface area contributed by atoms with Gasteiger partial charge in [0.1, 0.15) is 6.20 Å². The highest BCUT2D eigenvalue weighted by Gasteiger charge is 2.26. The maximum absolute atomic E-state index is 12.3. The summed E-state index contributed by atoms with van der Waals surface area (Å²) in [6.07, 6.45) is 2.03. The zero-order valence-electron chi connectivity index (χ0n) is 13.7. The third-order valence-electron chi connectivity index (χ3n) is 4.35. The molecular weight excluding hydrogens is 298 g/mol. The van der Waals surface area contributed by atoms with E-state index in [0.29, 0.717) is 0 Å². The summed E-state index contributed by atoms with van der Waals surface area (Å²) in [5, 5.41) is 3.38. The Morgan fingerprint density at radius 1 is 1.00 bits per heavy atom. The van der Waals surface area contributed by atoms with E-state index >= 15 is 0 Å². The molecule has 2 heterocycles. The first-order valence-corrected chi connectivity index (χ1v) is 7.94. The lowest BCUT2D eigenvalue weighted by molar-refractivity contribution is -0.662. The average Bonchev–Trinajstić information content (AvgIpc) is 3.13. The standard InChI is InChI=1S/C20H17N3O/c1-14(24)19-18(16-9-5-3-6-10-16)13-22-15(2)23(21-20(19)22)17-11-7-4-8-12-17/h3-13H,1-2H3/p+1. The maximum Gasteiger partial charge on any atom is 0.283 e. The van der Waals surface area contributed by atoms with E-state index in [0.717, 1.165) is 33.8 Å². The second kappa shape index (κ2) is 5.49. The topological polar surface area (TPSA) is 41.1 Å². The van der Waals surface area contributed by atoms with Gasteiger partial charge in [0.15, 0.2) is 11.5 Å². The lowest BCUT2D eigenvalue weighted by Gasteiger charge is -2.00. The number of nitrogens with zero attached hydrogens (tertiary/aromatic N) is 2. The van der Waals surface area contributed by atoms with Crippen molar-refractivity contribution in [2.75, 3.05) is 0 Å². The van der Waals surface area contributed by atoms with E-state index in [1.165, 1.54) is 0 Å². The van der Waals surface area contributed by atoms with Gasteiger partial charge in [0.25, 0.3) is 5.82 Å². The summed E-state index contributed by atoms with van der Waals surface area (Å²) in [5.74, 6) is 1.07. The van der Waals surface area contributed by atoms with Crippen LogP contribution in [0.4, 0.5) is 0 Å². The Balaban J connectivity index is 1.99. The molecule has 0 aliphatic rings. The minimum atomic E-state index is 0.0535. The lowest BCUT2D eigenvalue weighted by Crippen LogP contribution is -2.35. The molecule has 0 atom stereocenters. The first-order valence-electron chi connectivity index (χ1n) is 7.94. The molecule has 118 valence electrons. The number of hydrogen-bond donors (Lipinski definition) is 1. The number of rotatable bonds is 3. The number of benzene rings is 2. The zero-order valence-corrected chi connectivity index (χ0v) is 13.7. The molecule has 4 rings (SSSR count). The highest BCUT2D eigenvalue weighted by Crippen LogP contribution is 2.28. The van der Waals surface area contributed by atoms with Gasteiger partial charge in [-0.1, -0.05) is 48.5 Å². The predicted octanol–water partition coefficient (Wildman–Crippen LogP) is 3.72. The Morgan fingerprint density at radius 2 is 1.62 bits per heavy atom. The van der Waals surface area contributed by atoms with Crippen LogP contribution in [0.3, 0.4) is 0 Å². The molecule has 0 fully saturated rings. The van der Waals surface area contributed by atoms with Crippen LogP contribution < -0.4 is 4.68 Å². The smallest absolute Gasteiger partial charge is 0.283 e. The molecule has 0 bridgehead atoms. The van der Waals surface area contributed by atoms with Gasteiger partial charge in [0.2, 0.25) is 5.65 Å². The lowest BCUT2D eigenvalue weighted by atomic mass is 10.0. The Morgan fingerprint density at radius 3 is 2.25 bits per heavy atom. The number of hydrogen-bond acceptors (Lipinski definition) is 1. The Hall–Kier alpha value is -3.14. The average molecular weight is 316 g/mol. The third kappa shape index (κ3) is 2.15. The number of Topliss-reactive ketones (excluding diaryl/α,β-unsaturated/α-hetero) is 1. The fourth-order valence-corrected chi connectivity index (χ4v) is 3.19. The molecule has 1 N–H and O–H groups in total. The van der Waals surface area contributed by atoms with E-state index in [-0.39, 0.29) is 5.78 Å². The highest BCUT2D eigenvalue weighted by atomic mass is 16.1. The highest BCUT2D eigenvalue weighted by molar-refractivity contribution is 6.06. The molecule has 0 aliphatic heterocycles. The summed E-state index contributed by atoms with van der Waals surface area (Å²) in [7, 11) is 0. The van der Waals surface area contributed by atoms with Gasteiger partial charge < -0.3 is 0 Å². The van der Waals surface area contributed by atoms with E-state index in [1.54, 1.807) is 6.92 Å². The number of fused-ring (bicyclic) bond motifs is 1. The summed E-state index contributed by atoms with van der Waals surface area (Å²) in [6.45, 7) is 3.65. The first-order chi connectivity index (χ1) is 11.7. The van der Waals surface area contributed by atoms with Crippen molar-refractivity contribution < 1.29 is 9.48 Å². The number of H-pyrrole nitrogens is 1. The van der Waals surface area contributed by atoms with E-state index in [4.69, 9.17) is 0 Å². The minimum absolute atomic E-state index is 0.0535. The molecule has 24 heavy (non-hydrogen) atoms. The molecule has 0 radical (unpaired) electrons. The minimum Gasteiger partial charge on any atom is -0.294 e. The van der Waals surface area contributed by atoms with Crippen molar-refractivity contribution in [3.63, 3.8) is 0 Å². The van der Waals surface area contributed by atoms with Crippen molar-refractivity contribution in [2.45, 2.75) is 13.8 Å². The SMILES string of the molecule is CC(=O)c1c(-c2ccccc2)cn2c(C)[n+](-c3ccccc3)[nH]c12. The molecule has 0 aliphatic carbocycles. The Labute approximate surface area is 140 Å². The number of aryl methyl sites for hydroxylation is 1. The van der Waals surface area contributed by atoms with Crippen LogP contribution in [0.2, 0.25) is 0 Å². The Bertz CT molecular complexity index is 1030. The quantitative estimate of drug-likeness (QED) is 0.454. The van der Waals surface area contributed by atoms with Crippen molar-refractivity contribution in [2.24, 2.45) is 0 Å². The number of para-hydroxylation sites is 1. The summed E-state index contributed by atoms with van der Waals surface area (Å²) < 4.78 is 4.04. The molecule has 2 aromatic heterocycles. The molecule has 4 heteroatoms. The number of ketones is 1. The summed E-state index contributed by atoms with van der Waals surface area (Å²) in [5.41, 5.74) is 4.58. The summed E-state index contributed by atoms with van der Waals surface area (Å²) in [4.78, 5) is 12.3. The fraction of sp³-hybridized carbons (Fsp3) is 0.100. The Kier molecular flexibility index (Phi) is 3.31. The van der Waals surface area contributed by atoms with Gasteiger partial charge in [-0.3, -0.25) is 4.79 Å². The van der Waals surface area contributed by atoms with E-state index in [9.17, 15) is 4.79 Å². The number of carbonyl (C=O) groups is 1. The number of aromatic amines is 1. The van der Waals surface area contributed by atoms with Crippen LogP contribution in [0.1, 0.15) is 23.1 Å². The zero-order chi connectivity index (χ0) is 16.7. The normalized spacial score (nSPS) is 11.1. The first kappa shape index (κ1) is 14.5. The van der Waals surface area contributed by atoms with Crippen molar-refractivity contribution in [3.05, 3.63) is 78.2 Å². The largest absolute Gasteiger partial charge is 0.294 e. The summed E-state index contributed by atoms with van der Waals surface area (Å²) in [6, 6.07) is 20.1. The van der Waals surface area contributed by atoms with Gasteiger partial charge in [0, 0.05) is 12.5 Å². The number of aromatic nitrogens is 3. The van der Waals surface area contributed by atoms with Crippen molar-refractivity contribution in [1.29, 1.82) is 0 Å². The van der Waals surface area contributed by atoms with Crippen LogP contribution in [-0.2, 0) is 0 Å². The number of nitrogens with one attached hydrogen (secondary N) is 1. The van der Waals surface area contributed by atoms with Gasteiger partial charge in [-0.2, -0.15) is 9.50 Å². The van der Waals surface area contributed by atoms with Crippen molar-refractivity contribution >= 4 is 11.4 Å². The second-order valence-electron chi connectivity index (χ2n) is 5.89. The van der Waals surface area contributed by atoms with Crippen LogP contribution >= 0.6 is 0 Å². The van der Waals surface area contributed by atoms with Gasteiger partial charge in [-0.05, 0) is 24.6 Å². The third-order valence-corrected chi connectivity index (χ3v) is 4.35. The van der Waals surface area contributed by atoms with Crippen LogP contribution in [0.15, 0.2) is 66.9 Å². The molecule has 0 unspecified atom stereocenters. The summed E-state index contributed by atoms with van der Waals surface area (Å²) >= 11 is 0. The van der Waals surface area contributed by atoms with Crippen LogP contribution in [-0.4, -0.2) is 15.3 Å². The number of carbonyl (C=O) groups excluding carboxylic acids is 1. The molecule has 2 aromatic carbocycles. The molecule has 4 aromatic rings. The van der Waals surface area contributed by atoms with Crippen LogP contribution in [0.5, 0.6) is 0 Å². The second-order valence-corrected chi connectivity index (χ2v) is 5.89. The predicted molar refractivity (Wildman–Crippen MR) is 93.5 cm³/mol. The molecule has 0 saturated carbocycles. The van der Waals surface area contributed by atoms with Gasteiger partial charge in [-0.25, -0.2) is 0 Å². The van der Waals surface area contributed by atoms with Crippen LogP contribution in [0.25, 0.3) is 22.5 Å². The molecule has 0 amide bonds. The van der Waals surface area contributed by atoms with E-state index < -0.39 is 0 Å². The van der Waals surface area contributed by atoms with Crippen molar-refractivity contribution in [3.8, 4) is 16.8 Å². The molecule has 0 spiro atoms. The van der Waals surface area contributed by atoms with E-state index in [1.807, 2.05) is 82.9 Å². The van der Waals surface area contributed by atoms with Gasteiger partial charge >= 0.3 is 0 Å². The van der Waals surface area contributed by atoms with Gasteiger partial charge in [0.05, 0.1) is 5.56 Å².